The Morgan fingerprint density at radius 1 is 1.26 bits per heavy atom. The summed E-state index contributed by atoms with van der Waals surface area (Å²) >= 11 is 1.74. The summed E-state index contributed by atoms with van der Waals surface area (Å²) in [5.41, 5.74) is 2.51. The normalized spacial score (nSPS) is 12.9. The Balaban J connectivity index is 1.89. The van der Waals surface area contributed by atoms with Crippen LogP contribution in [0.3, 0.4) is 0 Å². The van der Waals surface area contributed by atoms with E-state index in [1.807, 2.05) is 26.2 Å². The van der Waals surface area contributed by atoms with Crippen molar-refractivity contribution in [1.82, 2.24) is 15.5 Å². The lowest BCUT2D eigenvalue weighted by atomic mass is 10.1. The molecule has 0 amide bonds. The van der Waals surface area contributed by atoms with Gasteiger partial charge in [0, 0.05) is 19.6 Å². The van der Waals surface area contributed by atoms with Crippen LogP contribution in [0.1, 0.15) is 30.9 Å². The van der Waals surface area contributed by atoms with Crippen LogP contribution in [0.2, 0.25) is 0 Å². The molecule has 1 heterocycles. The molecule has 0 saturated carbocycles. The number of hydrogen-bond donors (Lipinski definition) is 2. The Kier molecular flexibility index (Phi) is 9.15. The van der Waals surface area contributed by atoms with Gasteiger partial charge in [0.05, 0.1) is 6.54 Å². The summed E-state index contributed by atoms with van der Waals surface area (Å²) in [6.45, 7) is 8.21. The standard InChI is InChI=1S/C21H32N4OS/c1-5-22-21(23-14-17(2)19-9-12-27-16-19)24-15-18-7-6-8-20(13-18)26-11-10-25(3)4/h6-9,12-13,16-17H,5,10-11,14-15H2,1-4H3,(H2,22,23,24). The number of guanidine groups is 1. The van der Waals surface area contributed by atoms with Gasteiger partial charge < -0.3 is 20.3 Å². The summed E-state index contributed by atoms with van der Waals surface area (Å²) in [6, 6.07) is 10.4. The first kappa shape index (κ1) is 21.3. The first-order valence-corrected chi connectivity index (χ1v) is 10.4. The molecule has 0 bridgehead atoms. The van der Waals surface area contributed by atoms with E-state index in [0.717, 1.165) is 36.9 Å². The molecule has 6 heteroatoms. The van der Waals surface area contributed by atoms with Crippen LogP contribution in [-0.2, 0) is 6.54 Å². The average molecular weight is 389 g/mol. The Labute approximate surface area is 167 Å². The van der Waals surface area contributed by atoms with Crippen LogP contribution in [0.15, 0.2) is 46.1 Å². The van der Waals surface area contributed by atoms with Gasteiger partial charge >= 0.3 is 0 Å². The molecule has 1 aromatic carbocycles. The zero-order valence-electron chi connectivity index (χ0n) is 16.9. The van der Waals surface area contributed by atoms with Gasteiger partial charge in [-0.25, -0.2) is 4.99 Å². The first-order chi connectivity index (χ1) is 13.1. The highest BCUT2D eigenvalue weighted by Crippen LogP contribution is 2.17. The average Bonchev–Trinajstić information content (AvgIpc) is 3.19. The van der Waals surface area contributed by atoms with Crippen LogP contribution in [0.25, 0.3) is 0 Å². The molecule has 0 radical (unpaired) electrons. The van der Waals surface area contributed by atoms with Gasteiger partial charge in [0.25, 0.3) is 0 Å². The highest BCUT2D eigenvalue weighted by Gasteiger charge is 2.07. The maximum absolute atomic E-state index is 5.81. The van der Waals surface area contributed by atoms with E-state index >= 15 is 0 Å². The number of benzene rings is 1. The monoisotopic (exact) mass is 388 g/mol. The fraction of sp³-hybridized carbons (Fsp3) is 0.476. The molecule has 5 nitrogen and oxygen atoms in total. The van der Waals surface area contributed by atoms with Crippen molar-refractivity contribution in [2.45, 2.75) is 26.3 Å². The minimum absolute atomic E-state index is 0.452. The second-order valence-corrected chi connectivity index (χ2v) is 7.61. The predicted octanol–water partition coefficient (Wildman–Crippen LogP) is 3.55. The van der Waals surface area contributed by atoms with Gasteiger partial charge in [0.15, 0.2) is 5.96 Å². The van der Waals surface area contributed by atoms with Crippen molar-refractivity contribution in [1.29, 1.82) is 0 Å². The third-order valence-corrected chi connectivity index (χ3v) is 4.86. The van der Waals surface area contributed by atoms with Crippen molar-refractivity contribution in [3.8, 4) is 5.75 Å². The predicted molar refractivity (Wildman–Crippen MR) is 116 cm³/mol. The van der Waals surface area contributed by atoms with Crippen LogP contribution < -0.4 is 15.4 Å². The van der Waals surface area contributed by atoms with E-state index in [1.165, 1.54) is 5.56 Å². The second-order valence-electron chi connectivity index (χ2n) is 6.83. The molecule has 148 valence electrons. The Hall–Kier alpha value is -2.05. The Bertz CT molecular complexity index is 685. The fourth-order valence-electron chi connectivity index (χ4n) is 2.51. The number of thiophene rings is 1. The highest BCUT2D eigenvalue weighted by molar-refractivity contribution is 7.07. The molecule has 27 heavy (non-hydrogen) atoms. The van der Waals surface area contributed by atoms with Gasteiger partial charge in [-0.3, -0.25) is 0 Å². The molecular weight excluding hydrogens is 356 g/mol. The summed E-state index contributed by atoms with van der Waals surface area (Å²) in [7, 11) is 4.09. The molecule has 0 saturated heterocycles. The quantitative estimate of drug-likeness (QED) is 0.483. The van der Waals surface area contributed by atoms with Crippen LogP contribution in [-0.4, -0.2) is 51.2 Å². The van der Waals surface area contributed by atoms with Crippen molar-refractivity contribution < 1.29 is 4.74 Å². The molecule has 0 aliphatic rings. The molecule has 0 fully saturated rings. The topological polar surface area (TPSA) is 48.9 Å². The van der Waals surface area contributed by atoms with E-state index in [9.17, 15) is 0 Å². The zero-order valence-corrected chi connectivity index (χ0v) is 17.7. The van der Waals surface area contributed by atoms with Crippen molar-refractivity contribution in [2.75, 3.05) is 40.3 Å². The molecule has 2 aromatic rings. The van der Waals surface area contributed by atoms with E-state index in [1.54, 1.807) is 11.3 Å². The van der Waals surface area contributed by atoms with Crippen molar-refractivity contribution in [2.24, 2.45) is 4.99 Å². The summed E-state index contributed by atoms with van der Waals surface area (Å²) in [5.74, 6) is 2.20. The summed E-state index contributed by atoms with van der Waals surface area (Å²) in [4.78, 5) is 6.83. The number of ether oxygens (including phenoxy) is 1. The smallest absolute Gasteiger partial charge is 0.191 e. The number of hydrogen-bond acceptors (Lipinski definition) is 4. The van der Waals surface area contributed by atoms with Gasteiger partial charge in [-0.15, -0.1) is 0 Å². The van der Waals surface area contributed by atoms with Crippen LogP contribution >= 0.6 is 11.3 Å². The summed E-state index contributed by atoms with van der Waals surface area (Å²) < 4.78 is 5.81. The summed E-state index contributed by atoms with van der Waals surface area (Å²) in [5, 5.41) is 11.1. The number of likely N-dealkylation sites (N-methyl/N-ethyl adjacent to an activating group) is 1. The molecule has 0 aliphatic carbocycles. The number of nitrogens with one attached hydrogen (secondary N) is 2. The number of aliphatic imine (C=N–C) groups is 1. The number of rotatable bonds is 10. The SMILES string of the molecule is CCNC(=NCc1cccc(OCCN(C)C)c1)NCC(C)c1ccsc1. The maximum atomic E-state index is 5.81. The van der Waals surface area contributed by atoms with Crippen LogP contribution in [0, 0.1) is 0 Å². The van der Waals surface area contributed by atoms with E-state index < -0.39 is 0 Å². The molecule has 1 unspecified atom stereocenters. The molecular formula is C21H32N4OS. The van der Waals surface area contributed by atoms with Crippen LogP contribution in [0.5, 0.6) is 5.75 Å². The van der Waals surface area contributed by atoms with Crippen molar-refractivity contribution >= 4 is 17.3 Å². The Morgan fingerprint density at radius 2 is 2.11 bits per heavy atom. The molecule has 2 rings (SSSR count). The van der Waals surface area contributed by atoms with Gasteiger partial charge in [-0.05, 0) is 67.0 Å². The lowest BCUT2D eigenvalue weighted by Crippen LogP contribution is -2.39. The third kappa shape index (κ3) is 8.01. The fourth-order valence-corrected chi connectivity index (χ4v) is 3.30. The van der Waals surface area contributed by atoms with Gasteiger partial charge in [0.2, 0.25) is 0 Å². The maximum Gasteiger partial charge on any atom is 0.191 e. The summed E-state index contributed by atoms with van der Waals surface area (Å²) in [6.07, 6.45) is 0. The second kappa shape index (κ2) is 11.6. The first-order valence-electron chi connectivity index (χ1n) is 9.49. The van der Waals surface area contributed by atoms with E-state index in [-0.39, 0.29) is 0 Å². The molecule has 1 aromatic heterocycles. The minimum Gasteiger partial charge on any atom is -0.492 e. The number of nitrogens with zero attached hydrogens (tertiary/aromatic N) is 2. The van der Waals surface area contributed by atoms with Gasteiger partial charge in [-0.1, -0.05) is 19.1 Å². The minimum atomic E-state index is 0.452. The highest BCUT2D eigenvalue weighted by atomic mass is 32.1. The third-order valence-electron chi connectivity index (χ3n) is 4.16. The largest absolute Gasteiger partial charge is 0.492 e. The lowest BCUT2D eigenvalue weighted by Gasteiger charge is -2.15. The van der Waals surface area contributed by atoms with E-state index in [2.05, 4.69) is 58.3 Å². The van der Waals surface area contributed by atoms with Crippen molar-refractivity contribution in [3.05, 3.63) is 52.2 Å². The van der Waals surface area contributed by atoms with Crippen LogP contribution in [0.4, 0.5) is 0 Å². The van der Waals surface area contributed by atoms with Gasteiger partial charge in [0.1, 0.15) is 12.4 Å². The van der Waals surface area contributed by atoms with Gasteiger partial charge in [-0.2, -0.15) is 11.3 Å². The molecule has 1 atom stereocenters. The zero-order chi connectivity index (χ0) is 19.5. The Morgan fingerprint density at radius 3 is 2.81 bits per heavy atom. The molecule has 2 N–H and O–H groups in total. The van der Waals surface area contributed by atoms with E-state index in [0.29, 0.717) is 19.1 Å². The van der Waals surface area contributed by atoms with E-state index in [4.69, 9.17) is 9.73 Å². The van der Waals surface area contributed by atoms with Crippen molar-refractivity contribution in [3.63, 3.8) is 0 Å². The molecule has 0 aliphatic heterocycles. The molecule has 0 spiro atoms. The lowest BCUT2D eigenvalue weighted by molar-refractivity contribution is 0.261.